The molecule has 8 nitrogen and oxygen atoms in total. The number of methoxy groups -OCH3 is 1. The van der Waals surface area contributed by atoms with E-state index in [-0.39, 0.29) is 17.9 Å². The first-order valence-corrected chi connectivity index (χ1v) is 13.5. The van der Waals surface area contributed by atoms with E-state index in [1.54, 1.807) is 35.2 Å². The number of likely N-dealkylation sites (tertiary alicyclic amines) is 1. The number of amides is 2. The lowest BCUT2D eigenvalue weighted by molar-refractivity contribution is -0.132. The molecule has 0 atom stereocenters. The Morgan fingerprint density at radius 1 is 1.08 bits per heavy atom. The summed E-state index contributed by atoms with van der Waals surface area (Å²) < 4.78 is 10.5. The fraction of sp³-hybridized carbons (Fsp3) is 0.484. The first-order chi connectivity index (χ1) is 18.5. The van der Waals surface area contributed by atoms with Crippen LogP contribution in [0.2, 0.25) is 0 Å². The highest BCUT2D eigenvalue weighted by Crippen LogP contribution is 2.27. The molecule has 208 valence electrons. The maximum atomic E-state index is 13.2. The summed E-state index contributed by atoms with van der Waals surface area (Å²) in [5, 5.41) is 9.33. The predicted octanol–water partition coefficient (Wildman–Crippen LogP) is 5.79. The van der Waals surface area contributed by atoms with Gasteiger partial charge in [-0.05, 0) is 93.0 Å². The highest BCUT2D eigenvalue weighted by molar-refractivity contribution is 5.91. The number of rotatable bonds is 8. The van der Waals surface area contributed by atoms with Crippen LogP contribution in [-0.4, -0.2) is 60.1 Å². The lowest BCUT2D eigenvalue weighted by Crippen LogP contribution is -2.44. The molecule has 2 aromatic rings. The third kappa shape index (κ3) is 8.57. The molecule has 1 fully saturated rings. The van der Waals surface area contributed by atoms with Crippen LogP contribution >= 0.6 is 0 Å². The van der Waals surface area contributed by atoms with Crippen LogP contribution in [0.4, 0.5) is 4.79 Å². The van der Waals surface area contributed by atoms with Gasteiger partial charge >= 0.3 is 12.1 Å². The number of nitrogens with zero attached hydrogens (tertiary/aromatic N) is 3. The van der Waals surface area contributed by atoms with E-state index < -0.39 is 11.6 Å². The summed E-state index contributed by atoms with van der Waals surface area (Å²) in [6.45, 7) is 9.65. The monoisotopic (exact) mass is 533 g/mol. The predicted molar refractivity (Wildman–Crippen MR) is 149 cm³/mol. The Bertz CT molecular complexity index is 1220. The molecule has 3 rings (SSSR count). The molecule has 0 radical (unpaired) electrons. The molecule has 1 saturated heterocycles. The minimum Gasteiger partial charge on any atom is -0.465 e. The Kier molecular flexibility index (Phi) is 10.1. The Morgan fingerprint density at radius 2 is 1.79 bits per heavy atom. The molecular formula is C31H39N3O5. The van der Waals surface area contributed by atoms with E-state index in [2.05, 4.69) is 6.07 Å². The molecule has 1 heterocycles. The number of hydrogen-bond acceptors (Lipinski definition) is 6. The van der Waals surface area contributed by atoms with Crippen molar-refractivity contribution in [2.75, 3.05) is 26.7 Å². The van der Waals surface area contributed by atoms with Gasteiger partial charge in [0.1, 0.15) is 5.60 Å². The quantitative estimate of drug-likeness (QED) is 0.398. The molecule has 2 amide bonds. The summed E-state index contributed by atoms with van der Waals surface area (Å²) >= 11 is 0. The van der Waals surface area contributed by atoms with Crippen LogP contribution in [0, 0.1) is 17.2 Å². The second-order valence-electron chi connectivity index (χ2n) is 11.0. The highest BCUT2D eigenvalue weighted by atomic mass is 16.6. The van der Waals surface area contributed by atoms with Gasteiger partial charge in [-0.3, -0.25) is 4.79 Å². The smallest absolute Gasteiger partial charge is 0.410 e. The molecule has 0 unspecified atom stereocenters. The van der Waals surface area contributed by atoms with Gasteiger partial charge in [0.25, 0.3) is 0 Å². The van der Waals surface area contributed by atoms with Gasteiger partial charge in [-0.1, -0.05) is 19.1 Å². The standard InChI is InChI=1S/C31H39N3O5/c1-6-8-28(35)34(20-22-11-13-33(14-12-22)30(37)39-31(2,3)4)21-24-16-26(18-27(17-24)29(36)38-5)25-10-7-9-23(15-25)19-32/h7,9-10,15-18,22H,6,8,11-14,20-21H2,1-5H3. The zero-order valence-electron chi connectivity index (χ0n) is 23.7. The molecule has 1 aliphatic rings. The van der Waals surface area contributed by atoms with Crippen molar-refractivity contribution in [2.24, 2.45) is 5.92 Å². The van der Waals surface area contributed by atoms with E-state index in [9.17, 15) is 19.6 Å². The van der Waals surface area contributed by atoms with Crippen LogP contribution < -0.4 is 0 Å². The number of carbonyl (C=O) groups is 3. The lowest BCUT2D eigenvalue weighted by Gasteiger charge is -2.35. The number of hydrogen-bond donors (Lipinski definition) is 0. The lowest BCUT2D eigenvalue weighted by atomic mass is 9.95. The molecule has 0 bridgehead atoms. The molecule has 2 aromatic carbocycles. The van der Waals surface area contributed by atoms with E-state index in [4.69, 9.17) is 9.47 Å². The van der Waals surface area contributed by atoms with Gasteiger partial charge in [0.15, 0.2) is 0 Å². The average molecular weight is 534 g/mol. The molecule has 0 saturated carbocycles. The third-order valence-corrected chi connectivity index (χ3v) is 6.67. The highest BCUT2D eigenvalue weighted by Gasteiger charge is 2.29. The van der Waals surface area contributed by atoms with Gasteiger partial charge in [0, 0.05) is 32.6 Å². The number of esters is 1. The summed E-state index contributed by atoms with van der Waals surface area (Å²) in [4.78, 5) is 41.7. The molecule has 8 heteroatoms. The Balaban J connectivity index is 1.81. The van der Waals surface area contributed by atoms with E-state index in [0.717, 1.165) is 36.0 Å². The zero-order chi connectivity index (χ0) is 28.6. The normalized spacial score (nSPS) is 13.9. The van der Waals surface area contributed by atoms with Crippen molar-refractivity contribution in [1.82, 2.24) is 9.80 Å². The topological polar surface area (TPSA) is 99.9 Å². The first kappa shape index (κ1) is 29.7. The van der Waals surface area contributed by atoms with Crippen molar-refractivity contribution in [3.8, 4) is 17.2 Å². The van der Waals surface area contributed by atoms with Crippen LogP contribution in [0.5, 0.6) is 0 Å². The number of nitriles is 1. The summed E-state index contributed by atoms with van der Waals surface area (Å²) in [7, 11) is 1.34. The summed E-state index contributed by atoms with van der Waals surface area (Å²) in [6, 6.07) is 14.8. The summed E-state index contributed by atoms with van der Waals surface area (Å²) in [5.74, 6) is -0.154. The fourth-order valence-corrected chi connectivity index (χ4v) is 4.74. The Morgan fingerprint density at radius 3 is 2.41 bits per heavy atom. The molecule has 0 aromatic heterocycles. The number of benzene rings is 2. The number of piperidine rings is 1. The maximum absolute atomic E-state index is 13.2. The molecule has 0 spiro atoms. The van der Waals surface area contributed by atoms with E-state index in [0.29, 0.717) is 43.7 Å². The van der Waals surface area contributed by atoms with Crippen molar-refractivity contribution < 1.29 is 23.9 Å². The molecule has 1 aliphatic heterocycles. The van der Waals surface area contributed by atoms with Crippen molar-refractivity contribution in [3.63, 3.8) is 0 Å². The van der Waals surface area contributed by atoms with E-state index in [1.807, 2.05) is 44.7 Å². The molecule has 0 N–H and O–H groups in total. The zero-order valence-corrected chi connectivity index (χ0v) is 23.7. The van der Waals surface area contributed by atoms with Gasteiger partial charge < -0.3 is 19.3 Å². The maximum Gasteiger partial charge on any atom is 0.410 e. The molecule has 39 heavy (non-hydrogen) atoms. The Labute approximate surface area is 231 Å². The van der Waals surface area contributed by atoms with Crippen molar-refractivity contribution in [2.45, 2.75) is 65.5 Å². The number of carbonyl (C=O) groups excluding carboxylic acids is 3. The van der Waals surface area contributed by atoms with Crippen LogP contribution in [0.1, 0.15) is 74.9 Å². The second-order valence-corrected chi connectivity index (χ2v) is 11.0. The first-order valence-electron chi connectivity index (χ1n) is 13.5. The molecular weight excluding hydrogens is 494 g/mol. The average Bonchev–Trinajstić information content (AvgIpc) is 2.91. The number of ether oxygens (including phenoxy) is 2. The SMILES string of the molecule is CCCC(=O)N(Cc1cc(C(=O)OC)cc(-c2cccc(C#N)c2)c1)CC1CCN(C(=O)OC(C)(C)C)CC1. The van der Waals surface area contributed by atoms with E-state index in [1.165, 1.54) is 7.11 Å². The molecule has 0 aliphatic carbocycles. The second kappa shape index (κ2) is 13.3. The minimum atomic E-state index is -0.537. The van der Waals surface area contributed by atoms with Gasteiger partial charge in [-0.15, -0.1) is 0 Å². The van der Waals surface area contributed by atoms with Gasteiger partial charge in [0.2, 0.25) is 5.91 Å². The minimum absolute atomic E-state index is 0.0589. The van der Waals surface area contributed by atoms with Crippen molar-refractivity contribution in [1.29, 1.82) is 5.26 Å². The van der Waals surface area contributed by atoms with Crippen molar-refractivity contribution >= 4 is 18.0 Å². The van der Waals surface area contributed by atoms with Gasteiger partial charge in [0.05, 0.1) is 24.3 Å². The third-order valence-electron chi connectivity index (χ3n) is 6.67. The Hall–Kier alpha value is -3.86. The largest absolute Gasteiger partial charge is 0.465 e. The van der Waals surface area contributed by atoms with Crippen LogP contribution in [0.15, 0.2) is 42.5 Å². The van der Waals surface area contributed by atoms with Gasteiger partial charge in [-0.2, -0.15) is 5.26 Å². The van der Waals surface area contributed by atoms with Gasteiger partial charge in [-0.25, -0.2) is 9.59 Å². The summed E-state index contributed by atoms with van der Waals surface area (Å²) in [6.07, 6.45) is 2.44. The van der Waals surface area contributed by atoms with Crippen LogP contribution in [0.25, 0.3) is 11.1 Å². The van der Waals surface area contributed by atoms with Crippen LogP contribution in [-0.2, 0) is 20.8 Å². The van der Waals surface area contributed by atoms with Crippen LogP contribution in [0.3, 0.4) is 0 Å². The van der Waals surface area contributed by atoms with Crippen molar-refractivity contribution in [3.05, 3.63) is 59.2 Å². The fourth-order valence-electron chi connectivity index (χ4n) is 4.74. The summed E-state index contributed by atoms with van der Waals surface area (Å²) in [5.41, 5.74) is 2.77. The van der Waals surface area contributed by atoms with E-state index >= 15 is 0 Å².